The third-order valence-corrected chi connectivity index (χ3v) is 5.08. The summed E-state index contributed by atoms with van der Waals surface area (Å²) >= 11 is 0. The molecule has 0 saturated carbocycles. The Hall–Kier alpha value is -3.51. The van der Waals surface area contributed by atoms with Crippen LogP contribution in [0.3, 0.4) is 0 Å². The van der Waals surface area contributed by atoms with Crippen LogP contribution in [0.25, 0.3) is 22.3 Å². The molecule has 0 atom stereocenters. The maximum Gasteiger partial charge on any atom is 0.255 e. The lowest BCUT2D eigenvalue weighted by molar-refractivity contribution is 0.0710. The van der Waals surface area contributed by atoms with Crippen LogP contribution < -0.4 is 0 Å². The minimum absolute atomic E-state index is 0.105. The Morgan fingerprint density at radius 1 is 1.07 bits per heavy atom. The number of carbonyl (C=O) groups excluding carboxylic acids is 1. The molecule has 1 amide bonds. The summed E-state index contributed by atoms with van der Waals surface area (Å²) in [5, 5.41) is 14.7. The van der Waals surface area contributed by atoms with Crippen LogP contribution in [0.1, 0.15) is 22.8 Å². The molecule has 0 spiro atoms. The van der Waals surface area contributed by atoms with Gasteiger partial charge in [0.15, 0.2) is 5.65 Å². The summed E-state index contributed by atoms with van der Waals surface area (Å²) in [6.45, 7) is 3.23. The Bertz CT molecular complexity index is 1140. The van der Waals surface area contributed by atoms with Gasteiger partial charge in [0.2, 0.25) is 0 Å². The van der Waals surface area contributed by atoms with Crippen LogP contribution >= 0.6 is 0 Å². The average molecular weight is 400 g/mol. The van der Waals surface area contributed by atoms with Gasteiger partial charge < -0.3 is 10.0 Å². The molecule has 2 aromatic carbocycles. The summed E-state index contributed by atoms with van der Waals surface area (Å²) < 4.78 is 1.80. The molecule has 4 rings (SSSR count). The van der Waals surface area contributed by atoms with Crippen LogP contribution in [-0.2, 0) is 13.1 Å². The van der Waals surface area contributed by atoms with E-state index in [0.717, 1.165) is 22.2 Å². The number of rotatable bonds is 7. The van der Waals surface area contributed by atoms with Crippen LogP contribution in [0.5, 0.6) is 0 Å². The number of pyridine rings is 1. The number of amides is 1. The van der Waals surface area contributed by atoms with Gasteiger partial charge in [0.05, 0.1) is 29.4 Å². The summed E-state index contributed by atoms with van der Waals surface area (Å²) in [6, 6.07) is 21.4. The van der Waals surface area contributed by atoms with Gasteiger partial charge in [-0.25, -0.2) is 9.67 Å². The predicted molar refractivity (Wildman–Crippen MR) is 117 cm³/mol. The van der Waals surface area contributed by atoms with Crippen LogP contribution in [0, 0.1) is 0 Å². The molecule has 0 aliphatic heterocycles. The fourth-order valence-corrected chi connectivity index (χ4v) is 3.56. The fourth-order valence-electron chi connectivity index (χ4n) is 3.56. The smallest absolute Gasteiger partial charge is 0.255 e. The highest BCUT2D eigenvalue weighted by Gasteiger charge is 2.22. The number of hydrogen-bond acceptors (Lipinski definition) is 4. The van der Waals surface area contributed by atoms with E-state index in [9.17, 15) is 9.90 Å². The number of nitrogens with zero attached hydrogens (tertiary/aromatic N) is 4. The van der Waals surface area contributed by atoms with Crippen molar-refractivity contribution in [2.24, 2.45) is 0 Å². The second kappa shape index (κ2) is 8.88. The minimum Gasteiger partial charge on any atom is -0.395 e. The van der Waals surface area contributed by atoms with E-state index in [1.54, 1.807) is 15.8 Å². The Labute approximate surface area is 175 Å². The third kappa shape index (κ3) is 3.95. The summed E-state index contributed by atoms with van der Waals surface area (Å²) in [4.78, 5) is 20.0. The summed E-state index contributed by atoms with van der Waals surface area (Å²) in [7, 11) is 0. The zero-order valence-electron chi connectivity index (χ0n) is 16.9. The lowest BCUT2D eigenvalue weighted by atomic mass is 10.1. The molecule has 2 heterocycles. The number of aryl methyl sites for hydroxylation is 1. The maximum absolute atomic E-state index is 13.6. The van der Waals surface area contributed by atoms with Crippen molar-refractivity contribution in [3.05, 3.63) is 84.1 Å². The van der Waals surface area contributed by atoms with Crippen molar-refractivity contribution in [1.82, 2.24) is 19.7 Å². The molecule has 0 radical (unpaired) electrons. The number of carbonyl (C=O) groups is 1. The summed E-state index contributed by atoms with van der Waals surface area (Å²) in [5.41, 5.74) is 3.91. The van der Waals surface area contributed by atoms with Gasteiger partial charge in [0.25, 0.3) is 5.91 Å². The molecular weight excluding hydrogens is 376 g/mol. The normalized spacial score (nSPS) is 11.0. The molecule has 0 aliphatic carbocycles. The Balaban J connectivity index is 1.81. The zero-order chi connectivity index (χ0) is 20.9. The van der Waals surface area contributed by atoms with E-state index in [1.165, 1.54) is 0 Å². The van der Waals surface area contributed by atoms with Gasteiger partial charge in [-0.1, -0.05) is 60.7 Å². The molecule has 1 N–H and O–H groups in total. The van der Waals surface area contributed by atoms with E-state index in [2.05, 4.69) is 5.10 Å². The number of fused-ring (bicyclic) bond motifs is 1. The van der Waals surface area contributed by atoms with Crippen molar-refractivity contribution in [3.63, 3.8) is 0 Å². The molecule has 0 aliphatic rings. The van der Waals surface area contributed by atoms with Gasteiger partial charge in [-0.15, -0.1) is 0 Å². The molecule has 6 heteroatoms. The van der Waals surface area contributed by atoms with Crippen LogP contribution in [0.4, 0.5) is 0 Å². The second-order valence-electron chi connectivity index (χ2n) is 7.05. The largest absolute Gasteiger partial charge is 0.395 e. The van der Waals surface area contributed by atoms with E-state index in [1.807, 2.05) is 73.7 Å². The first-order chi connectivity index (χ1) is 14.7. The van der Waals surface area contributed by atoms with E-state index in [-0.39, 0.29) is 19.1 Å². The summed E-state index contributed by atoms with van der Waals surface area (Å²) in [5.74, 6) is -0.145. The quantitative estimate of drug-likeness (QED) is 0.513. The van der Waals surface area contributed by atoms with Gasteiger partial charge in [-0.3, -0.25) is 4.79 Å². The monoisotopic (exact) mass is 400 g/mol. The second-order valence-corrected chi connectivity index (χ2v) is 7.05. The maximum atomic E-state index is 13.6. The van der Waals surface area contributed by atoms with Crippen molar-refractivity contribution >= 4 is 16.9 Å². The number of aliphatic hydroxyl groups is 1. The van der Waals surface area contributed by atoms with Gasteiger partial charge in [-0.2, -0.15) is 5.10 Å². The number of aliphatic hydroxyl groups excluding tert-OH is 1. The van der Waals surface area contributed by atoms with E-state index in [0.29, 0.717) is 24.3 Å². The lowest BCUT2D eigenvalue weighted by Gasteiger charge is -2.22. The lowest BCUT2D eigenvalue weighted by Crippen LogP contribution is -2.33. The van der Waals surface area contributed by atoms with E-state index >= 15 is 0 Å². The first kappa shape index (κ1) is 19.8. The molecular formula is C24H24N4O2. The number of hydrogen-bond donors (Lipinski definition) is 1. The average Bonchev–Trinajstić information content (AvgIpc) is 3.22. The topological polar surface area (TPSA) is 71.2 Å². The molecule has 0 saturated heterocycles. The minimum atomic E-state index is -0.145. The molecule has 4 aromatic rings. The Morgan fingerprint density at radius 2 is 1.77 bits per heavy atom. The fraction of sp³-hybridized carbons (Fsp3) is 0.208. The first-order valence-electron chi connectivity index (χ1n) is 10.1. The van der Waals surface area contributed by atoms with Crippen molar-refractivity contribution in [1.29, 1.82) is 0 Å². The van der Waals surface area contributed by atoms with E-state index in [4.69, 9.17) is 4.98 Å². The zero-order valence-corrected chi connectivity index (χ0v) is 16.9. The van der Waals surface area contributed by atoms with Crippen LogP contribution in [0.15, 0.2) is 72.9 Å². The van der Waals surface area contributed by atoms with Gasteiger partial charge in [0, 0.05) is 25.2 Å². The summed E-state index contributed by atoms with van der Waals surface area (Å²) in [6.07, 6.45) is 1.70. The van der Waals surface area contributed by atoms with Crippen molar-refractivity contribution in [3.8, 4) is 11.3 Å². The molecule has 2 aromatic heterocycles. The Kier molecular flexibility index (Phi) is 5.86. The highest BCUT2D eigenvalue weighted by atomic mass is 16.3. The number of aromatic nitrogens is 3. The first-order valence-corrected chi connectivity index (χ1v) is 10.1. The predicted octanol–water partition coefficient (Wildman–Crippen LogP) is 3.75. The molecule has 0 unspecified atom stereocenters. The van der Waals surface area contributed by atoms with E-state index < -0.39 is 0 Å². The molecule has 0 fully saturated rings. The third-order valence-electron chi connectivity index (χ3n) is 5.08. The number of benzene rings is 2. The van der Waals surface area contributed by atoms with Gasteiger partial charge in [-0.05, 0) is 18.6 Å². The van der Waals surface area contributed by atoms with Gasteiger partial charge in [0.1, 0.15) is 0 Å². The van der Waals surface area contributed by atoms with Crippen LogP contribution in [0.2, 0.25) is 0 Å². The highest BCUT2D eigenvalue weighted by Crippen LogP contribution is 2.26. The standard InChI is InChI=1S/C24H24N4O2/c1-2-28-23-21(16-25-28)20(15-22(26-23)19-11-7-4-8-12-19)24(30)27(13-14-29)17-18-9-5-3-6-10-18/h3-12,15-16,29H,2,13-14,17H2,1H3. The highest BCUT2D eigenvalue weighted by molar-refractivity contribution is 6.06. The van der Waals surface area contributed by atoms with Crippen molar-refractivity contribution in [2.45, 2.75) is 20.0 Å². The molecule has 152 valence electrons. The van der Waals surface area contributed by atoms with Crippen molar-refractivity contribution in [2.75, 3.05) is 13.2 Å². The van der Waals surface area contributed by atoms with Gasteiger partial charge >= 0.3 is 0 Å². The SMILES string of the molecule is CCn1ncc2c(C(=O)N(CCO)Cc3ccccc3)cc(-c3ccccc3)nc21. The van der Waals surface area contributed by atoms with Crippen LogP contribution in [-0.4, -0.2) is 43.8 Å². The van der Waals surface area contributed by atoms with Crippen molar-refractivity contribution < 1.29 is 9.90 Å². The molecule has 6 nitrogen and oxygen atoms in total. The molecule has 30 heavy (non-hydrogen) atoms. The molecule has 0 bridgehead atoms. The Morgan fingerprint density at radius 3 is 2.43 bits per heavy atom.